The molecule has 59 valence electrons. The molecule has 1 saturated heterocycles. The summed E-state index contributed by atoms with van der Waals surface area (Å²) >= 11 is 0. The van der Waals surface area contributed by atoms with Crippen molar-refractivity contribution in [3.05, 3.63) is 0 Å². The van der Waals surface area contributed by atoms with Crippen LogP contribution in [0, 0.1) is 0 Å². The third kappa shape index (κ3) is 2.62. The summed E-state index contributed by atoms with van der Waals surface area (Å²) in [6, 6.07) is 0. The molecule has 4 heteroatoms. The van der Waals surface area contributed by atoms with Crippen LogP contribution in [0.4, 0.5) is 0 Å². The number of hydrogen-bond donors (Lipinski definition) is 2. The highest BCUT2D eigenvalue weighted by Gasteiger charge is 2.10. The van der Waals surface area contributed by atoms with Gasteiger partial charge in [-0.2, -0.15) is 0 Å². The van der Waals surface area contributed by atoms with Gasteiger partial charge < -0.3 is 10.1 Å². The summed E-state index contributed by atoms with van der Waals surface area (Å²) in [5, 5.41) is 16.3. The van der Waals surface area contributed by atoms with Crippen LogP contribution >= 0.6 is 0 Å². The molecular formula is C6H13N2O2. The lowest BCUT2D eigenvalue weighted by atomic mass is 10.4. The minimum atomic E-state index is -0.155. The summed E-state index contributed by atoms with van der Waals surface area (Å²) < 4.78 is 5.15. The first-order valence-corrected chi connectivity index (χ1v) is 3.57. The van der Waals surface area contributed by atoms with Gasteiger partial charge in [-0.25, -0.2) is 5.11 Å². The van der Waals surface area contributed by atoms with Gasteiger partial charge in [-0.3, -0.25) is 5.32 Å². The lowest BCUT2D eigenvalue weighted by molar-refractivity contribution is -0.00997. The van der Waals surface area contributed by atoms with Gasteiger partial charge in [-0.15, -0.1) is 0 Å². The molecule has 4 nitrogen and oxygen atoms in total. The maximum atomic E-state index is 10.00. The molecule has 2 N–H and O–H groups in total. The Morgan fingerprint density at radius 3 is 3.00 bits per heavy atom. The molecule has 10 heavy (non-hydrogen) atoms. The summed E-state index contributed by atoms with van der Waals surface area (Å²) in [6.45, 7) is 2.86. The summed E-state index contributed by atoms with van der Waals surface area (Å²) in [4.78, 5) is 0. The number of piperazine rings is 1. The van der Waals surface area contributed by atoms with Gasteiger partial charge in [0.2, 0.25) is 0 Å². The predicted octanol–water partition coefficient (Wildman–Crippen LogP) is -1.05. The van der Waals surface area contributed by atoms with Crippen molar-refractivity contribution in [1.29, 1.82) is 0 Å². The van der Waals surface area contributed by atoms with Crippen molar-refractivity contribution in [3.63, 3.8) is 0 Å². The molecule has 0 aromatic carbocycles. The molecule has 0 aliphatic carbocycles. The van der Waals surface area contributed by atoms with Crippen LogP contribution in [-0.2, 0) is 9.84 Å². The Hall–Kier alpha value is -0.160. The molecule has 0 aromatic heterocycles. The van der Waals surface area contributed by atoms with Crippen LogP contribution in [0.5, 0.6) is 0 Å². The van der Waals surface area contributed by atoms with E-state index in [4.69, 9.17) is 4.74 Å². The van der Waals surface area contributed by atoms with Crippen LogP contribution in [0.15, 0.2) is 0 Å². The highest BCUT2D eigenvalue weighted by atomic mass is 16.5. The van der Waals surface area contributed by atoms with E-state index in [1.165, 1.54) is 0 Å². The third-order valence-electron chi connectivity index (χ3n) is 1.41. The molecule has 1 fully saturated rings. The molecular weight excluding hydrogens is 132 g/mol. The van der Waals surface area contributed by atoms with Crippen LogP contribution in [0.3, 0.4) is 0 Å². The molecule has 0 amide bonds. The standard InChI is InChI=1S/C6H13N2O2/c9-3-4-10-6-5-7-1-2-8-6/h6-8H,1-5H2. The highest BCUT2D eigenvalue weighted by Crippen LogP contribution is 1.88. The average molecular weight is 145 g/mol. The fourth-order valence-corrected chi connectivity index (χ4v) is 0.935. The first-order chi connectivity index (χ1) is 4.93. The SMILES string of the molecule is [O]CCOC1CNCCN1. The van der Waals surface area contributed by atoms with Gasteiger partial charge in [0.15, 0.2) is 0 Å². The number of hydrogen-bond acceptors (Lipinski definition) is 3. The number of nitrogens with one attached hydrogen (secondary N) is 2. The monoisotopic (exact) mass is 145 g/mol. The minimum absolute atomic E-state index is 0.0442. The van der Waals surface area contributed by atoms with Gasteiger partial charge in [0, 0.05) is 19.6 Å². The van der Waals surface area contributed by atoms with Gasteiger partial charge >= 0.3 is 0 Å². The molecule has 1 rings (SSSR count). The zero-order valence-corrected chi connectivity index (χ0v) is 5.93. The maximum absolute atomic E-state index is 10.00. The summed E-state index contributed by atoms with van der Waals surface area (Å²) in [7, 11) is 0. The first kappa shape index (κ1) is 7.94. The Morgan fingerprint density at radius 1 is 1.50 bits per heavy atom. The second-order valence-electron chi connectivity index (χ2n) is 2.22. The van der Waals surface area contributed by atoms with Crippen LogP contribution in [0.25, 0.3) is 0 Å². The van der Waals surface area contributed by atoms with Gasteiger partial charge in [0.1, 0.15) is 12.8 Å². The molecule has 1 aliphatic heterocycles. The van der Waals surface area contributed by atoms with Crippen LogP contribution < -0.4 is 10.6 Å². The lowest BCUT2D eigenvalue weighted by Gasteiger charge is -2.23. The fraction of sp³-hybridized carbons (Fsp3) is 1.00. The van der Waals surface area contributed by atoms with Crippen molar-refractivity contribution < 1.29 is 9.84 Å². The number of rotatable bonds is 3. The van der Waals surface area contributed by atoms with Crippen molar-refractivity contribution in [3.8, 4) is 0 Å². The third-order valence-corrected chi connectivity index (χ3v) is 1.41. The predicted molar refractivity (Wildman–Crippen MR) is 36.2 cm³/mol. The minimum Gasteiger partial charge on any atom is -0.359 e. The van der Waals surface area contributed by atoms with E-state index in [-0.39, 0.29) is 12.8 Å². The Kier molecular flexibility index (Phi) is 3.67. The molecule has 1 atom stereocenters. The van der Waals surface area contributed by atoms with E-state index in [2.05, 4.69) is 10.6 Å². The lowest BCUT2D eigenvalue weighted by Crippen LogP contribution is -2.49. The fourth-order valence-electron chi connectivity index (χ4n) is 0.935. The van der Waals surface area contributed by atoms with Crippen molar-refractivity contribution in [2.24, 2.45) is 0 Å². The van der Waals surface area contributed by atoms with Gasteiger partial charge in [0.05, 0.1) is 6.61 Å². The molecule has 1 unspecified atom stereocenters. The maximum Gasteiger partial charge on any atom is 0.120 e. The Bertz CT molecular complexity index is 83.8. The average Bonchev–Trinajstić information content (AvgIpc) is 2.03. The Morgan fingerprint density at radius 2 is 2.40 bits per heavy atom. The van der Waals surface area contributed by atoms with Crippen molar-refractivity contribution in [2.75, 3.05) is 32.8 Å². The topological polar surface area (TPSA) is 53.2 Å². The van der Waals surface area contributed by atoms with Gasteiger partial charge in [-0.1, -0.05) is 0 Å². The quantitative estimate of drug-likeness (QED) is 0.533. The summed E-state index contributed by atoms with van der Waals surface area (Å²) in [5.74, 6) is 0. The summed E-state index contributed by atoms with van der Waals surface area (Å²) in [6.07, 6.45) is 0.0442. The van der Waals surface area contributed by atoms with E-state index in [9.17, 15) is 5.11 Å². The van der Waals surface area contributed by atoms with E-state index < -0.39 is 0 Å². The van der Waals surface area contributed by atoms with Crippen molar-refractivity contribution >= 4 is 0 Å². The normalized spacial score (nSPS) is 26.7. The van der Waals surface area contributed by atoms with E-state index in [0.29, 0.717) is 6.61 Å². The van der Waals surface area contributed by atoms with E-state index >= 15 is 0 Å². The molecule has 0 spiro atoms. The zero-order valence-electron chi connectivity index (χ0n) is 5.93. The molecule has 0 aromatic rings. The second-order valence-corrected chi connectivity index (χ2v) is 2.22. The second kappa shape index (κ2) is 4.62. The first-order valence-electron chi connectivity index (χ1n) is 3.57. The Labute approximate surface area is 60.6 Å². The largest absolute Gasteiger partial charge is 0.359 e. The van der Waals surface area contributed by atoms with Crippen LogP contribution in [0.1, 0.15) is 0 Å². The van der Waals surface area contributed by atoms with Gasteiger partial charge in [0.25, 0.3) is 0 Å². The molecule has 0 bridgehead atoms. The molecule has 1 aliphatic rings. The van der Waals surface area contributed by atoms with E-state index in [1.54, 1.807) is 0 Å². The van der Waals surface area contributed by atoms with Gasteiger partial charge in [-0.05, 0) is 0 Å². The van der Waals surface area contributed by atoms with Crippen LogP contribution in [-0.4, -0.2) is 39.1 Å². The summed E-state index contributed by atoms with van der Waals surface area (Å²) in [5.41, 5.74) is 0. The molecule has 1 radical (unpaired) electrons. The Balaban J connectivity index is 2.02. The van der Waals surface area contributed by atoms with Crippen molar-refractivity contribution in [2.45, 2.75) is 6.23 Å². The highest BCUT2D eigenvalue weighted by molar-refractivity contribution is 4.66. The molecule has 1 heterocycles. The van der Waals surface area contributed by atoms with Crippen LogP contribution in [0.2, 0.25) is 0 Å². The van der Waals surface area contributed by atoms with E-state index in [1.807, 2.05) is 0 Å². The zero-order chi connectivity index (χ0) is 7.23. The van der Waals surface area contributed by atoms with E-state index in [0.717, 1.165) is 19.6 Å². The number of ether oxygens (including phenoxy) is 1. The molecule has 0 saturated carbocycles. The smallest absolute Gasteiger partial charge is 0.120 e. The van der Waals surface area contributed by atoms with Crippen molar-refractivity contribution in [1.82, 2.24) is 10.6 Å².